The summed E-state index contributed by atoms with van der Waals surface area (Å²) in [5.41, 5.74) is 3.04. The molecule has 0 aliphatic carbocycles. The topological polar surface area (TPSA) is 77.0 Å². The van der Waals surface area contributed by atoms with Crippen LogP contribution in [0.3, 0.4) is 0 Å². The van der Waals surface area contributed by atoms with Crippen LogP contribution in [0.2, 0.25) is 0 Å². The molecule has 0 radical (unpaired) electrons. The van der Waals surface area contributed by atoms with Crippen molar-refractivity contribution in [3.63, 3.8) is 0 Å². The zero-order valence-electron chi connectivity index (χ0n) is 16.1. The number of amidine groups is 1. The van der Waals surface area contributed by atoms with E-state index in [-0.39, 0.29) is 17.0 Å². The number of thioether (sulfide) groups is 1. The number of aryl methyl sites for hydroxylation is 1. The Balaban J connectivity index is 1.79. The molecule has 0 atom stereocenters. The van der Waals surface area contributed by atoms with Crippen molar-refractivity contribution in [1.82, 2.24) is 5.32 Å². The second kappa shape index (κ2) is 9.45. The summed E-state index contributed by atoms with van der Waals surface area (Å²) in [6.45, 7) is 3.84. The summed E-state index contributed by atoms with van der Waals surface area (Å²) < 4.78 is 12.4. The molecule has 29 heavy (non-hydrogen) atoms. The molecule has 1 heterocycles. The summed E-state index contributed by atoms with van der Waals surface area (Å²) in [6.07, 6.45) is 1.72. The summed E-state index contributed by atoms with van der Waals surface area (Å²) in [5, 5.41) is 2.82. The van der Waals surface area contributed by atoms with E-state index in [0.717, 1.165) is 26.5 Å². The van der Waals surface area contributed by atoms with Crippen LogP contribution in [-0.2, 0) is 16.2 Å². The molecule has 150 valence electrons. The Labute approximate surface area is 186 Å². The van der Waals surface area contributed by atoms with Gasteiger partial charge in [0.05, 0.1) is 15.6 Å². The normalized spacial score (nSPS) is 14.7. The van der Waals surface area contributed by atoms with Crippen LogP contribution in [0.25, 0.3) is 6.08 Å². The average molecular weight is 522 g/mol. The van der Waals surface area contributed by atoms with Gasteiger partial charge in [0.2, 0.25) is 5.91 Å². The molecular weight excluding hydrogens is 503 g/mol. The van der Waals surface area contributed by atoms with Crippen molar-refractivity contribution in [3.8, 4) is 11.5 Å². The first kappa shape index (κ1) is 21.4. The van der Waals surface area contributed by atoms with Gasteiger partial charge >= 0.3 is 0 Å². The Hall–Kier alpha value is -2.33. The van der Waals surface area contributed by atoms with Crippen LogP contribution in [-0.4, -0.2) is 24.1 Å². The minimum atomic E-state index is -0.382. The number of carbonyl (C=O) groups excluding carboxylic acids is 2. The molecule has 1 aliphatic rings. The third-order valence-electron chi connectivity index (χ3n) is 3.96. The molecule has 0 saturated carbocycles. The van der Waals surface area contributed by atoms with E-state index >= 15 is 0 Å². The fraction of sp³-hybridized carbons (Fsp3) is 0.190. The zero-order chi connectivity index (χ0) is 21.0. The van der Waals surface area contributed by atoms with Crippen molar-refractivity contribution < 1.29 is 19.1 Å². The number of rotatable bonds is 5. The van der Waals surface area contributed by atoms with Crippen LogP contribution in [0.1, 0.15) is 23.6 Å². The van der Waals surface area contributed by atoms with Gasteiger partial charge in [0.15, 0.2) is 16.7 Å². The number of aliphatic imine (C=N–C) groups is 1. The molecule has 1 aliphatic heterocycles. The molecule has 8 heteroatoms. The lowest BCUT2D eigenvalue weighted by Gasteiger charge is -2.14. The summed E-state index contributed by atoms with van der Waals surface area (Å²) in [5.74, 6) is 0.578. The smallest absolute Gasteiger partial charge is 0.286 e. The van der Waals surface area contributed by atoms with Gasteiger partial charge in [-0.2, -0.15) is 4.99 Å². The molecule has 2 aromatic rings. The first-order chi connectivity index (χ1) is 13.9. The number of carbonyl (C=O) groups is 2. The molecule has 0 saturated heterocycles. The molecule has 3 rings (SSSR count). The zero-order valence-corrected chi connectivity index (χ0v) is 19.1. The van der Waals surface area contributed by atoms with E-state index in [1.165, 1.54) is 12.5 Å². The highest BCUT2D eigenvalue weighted by atomic mass is 127. The predicted octanol–water partition coefficient (Wildman–Crippen LogP) is 4.29. The Morgan fingerprint density at radius 2 is 2.00 bits per heavy atom. The first-order valence-electron chi connectivity index (χ1n) is 8.71. The molecule has 0 fully saturated rings. The summed E-state index contributed by atoms with van der Waals surface area (Å²) in [7, 11) is 1.58. The Kier molecular flexibility index (Phi) is 6.96. The number of benzene rings is 2. The molecule has 0 aromatic heterocycles. The van der Waals surface area contributed by atoms with Crippen molar-refractivity contribution in [1.29, 1.82) is 0 Å². The molecule has 0 unspecified atom stereocenters. The third kappa shape index (κ3) is 5.60. The van der Waals surface area contributed by atoms with Crippen LogP contribution in [0.15, 0.2) is 46.3 Å². The summed E-state index contributed by atoms with van der Waals surface area (Å²) >= 11 is 3.31. The molecular formula is C21H19IN2O4S. The van der Waals surface area contributed by atoms with E-state index in [1.54, 1.807) is 13.2 Å². The summed E-state index contributed by atoms with van der Waals surface area (Å²) in [4.78, 5) is 27.5. The van der Waals surface area contributed by atoms with Gasteiger partial charge in [0.1, 0.15) is 6.61 Å². The number of nitrogens with zero attached hydrogens (tertiary/aromatic N) is 1. The number of nitrogens with one attached hydrogen (secondary N) is 1. The largest absolute Gasteiger partial charge is 0.493 e. The minimum absolute atomic E-state index is 0.267. The van der Waals surface area contributed by atoms with Gasteiger partial charge in [-0.15, -0.1) is 0 Å². The standard InChI is InChI=1S/C21H19IN2O4S/c1-12-4-6-14(7-5-12)11-28-19-16(22)8-15(9-17(19)27-3)10-18-20(26)24-21(29-18)23-13(2)25/h4-10H,11H2,1-3H3,(H,23,24,25,26)/b18-10-. The molecule has 0 spiro atoms. The number of hydrogen-bond acceptors (Lipinski definition) is 5. The van der Waals surface area contributed by atoms with Gasteiger partial charge in [0.25, 0.3) is 5.91 Å². The van der Waals surface area contributed by atoms with Crippen LogP contribution < -0.4 is 14.8 Å². The van der Waals surface area contributed by atoms with Crippen molar-refractivity contribution in [3.05, 3.63) is 61.6 Å². The third-order valence-corrected chi connectivity index (χ3v) is 5.66. The maximum absolute atomic E-state index is 12.1. The lowest BCUT2D eigenvalue weighted by atomic mass is 10.1. The Bertz CT molecular complexity index is 1020. The minimum Gasteiger partial charge on any atom is -0.493 e. The Morgan fingerprint density at radius 3 is 2.66 bits per heavy atom. The van der Waals surface area contributed by atoms with Crippen LogP contribution in [0.4, 0.5) is 0 Å². The molecule has 6 nitrogen and oxygen atoms in total. The van der Waals surface area contributed by atoms with Gasteiger partial charge in [0, 0.05) is 6.92 Å². The van der Waals surface area contributed by atoms with Gasteiger partial charge in [-0.25, -0.2) is 0 Å². The van der Waals surface area contributed by atoms with Crippen molar-refractivity contribution in [2.75, 3.05) is 7.11 Å². The molecule has 0 bridgehead atoms. The lowest BCUT2D eigenvalue weighted by molar-refractivity contribution is -0.117. The van der Waals surface area contributed by atoms with Crippen molar-refractivity contribution in [2.24, 2.45) is 4.99 Å². The molecule has 2 amide bonds. The highest BCUT2D eigenvalue weighted by molar-refractivity contribution is 14.1. The number of methoxy groups -OCH3 is 1. The van der Waals surface area contributed by atoms with E-state index < -0.39 is 0 Å². The van der Waals surface area contributed by atoms with E-state index in [4.69, 9.17) is 9.47 Å². The number of ether oxygens (including phenoxy) is 2. The van der Waals surface area contributed by atoms with Crippen molar-refractivity contribution >= 4 is 57.4 Å². The highest BCUT2D eigenvalue weighted by Gasteiger charge is 2.23. The fourth-order valence-corrected chi connectivity index (χ4v) is 4.21. The van der Waals surface area contributed by atoms with Gasteiger partial charge < -0.3 is 14.8 Å². The average Bonchev–Trinajstić information content (AvgIpc) is 2.99. The number of halogens is 1. The van der Waals surface area contributed by atoms with Crippen molar-refractivity contribution in [2.45, 2.75) is 20.5 Å². The van der Waals surface area contributed by atoms with Gasteiger partial charge in [-0.1, -0.05) is 29.8 Å². The maximum atomic E-state index is 12.1. The number of amides is 2. The van der Waals surface area contributed by atoms with Crippen LogP contribution in [0.5, 0.6) is 11.5 Å². The Morgan fingerprint density at radius 1 is 1.28 bits per heavy atom. The first-order valence-corrected chi connectivity index (χ1v) is 10.6. The second-order valence-corrected chi connectivity index (χ2v) is 8.52. The van der Waals surface area contributed by atoms with E-state index in [9.17, 15) is 9.59 Å². The lowest BCUT2D eigenvalue weighted by Crippen LogP contribution is -2.23. The SMILES string of the molecule is COc1cc(/C=C2\SC(NC(C)=O)=NC2=O)cc(I)c1OCc1ccc(C)cc1. The second-order valence-electron chi connectivity index (χ2n) is 6.32. The molecule has 2 aromatic carbocycles. The van der Waals surface area contributed by atoms with Gasteiger partial charge in [-0.3, -0.25) is 9.59 Å². The summed E-state index contributed by atoms with van der Waals surface area (Å²) in [6, 6.07) is 11.9. The van der Waals surface area contributed by atoms with Crippen LogP contribution >= 0.6 is 34.4 Å². The van der Waals surface area contributed by atoms with E-state index in [0.29, 0.717) is 23.0 Å². The fourth-order valence-electron chi connectivity index (χ4n) is 2.57. The highest BCUT2D eigenvalue weighted by Crippen LogP contribution is 2.36. The van der Waals surface area contributed by atoms with E-state index in [1.807, 2.05) is 43.3 Å². The van der Waals surface area contributed by atoms with Gasteiger partial charge in [-0.05, 0) is 70.6 Å². The quantitative estimate of drug-likeness (QED) is 0.469. The van der Waals surface area contributed by atoms with E-state index in [2.05, 4.69) is 32.9 Å². The van der Waals surface area contributed by atoms with Crippen LogP contribution in [0, 0.1) is 10.5 Å². The predicted molar refractivity (Wildman–Crippen MR) is 123 cm³/mol. The maximum Gasteiger partial charge on any atom is 0.286 e. The molecule has 1 N–H and O–H groups in total. The monoisotopic (exact) mass is 522 g/mol. The number of hydrogen-bond donors (Lipinski definition) is 1.